The second-order valence-electron chi connectivity index (χ2n) is 5.83. The Labute approximate surface area is 146 Å². The van der Waals surface area contributed by atoms with Crippen molar-refractivity contribution in [2.75, 3.05) is 0 Å². The van der Waals surface area contributed by atoms with Crippen LogP contribution in [0.2, 0.25) is 0 Å². The molecule has 0 heterocycles. The van der Waals surface area contributed by atoms with Crippen molar-refractivity contribution in [3.05, 3.63) is 107 Å². The van der Waals surface area contributed by atoms with Gasteiger partial charge < -0.3 is 4.74 Å². The van der Waals surface area contributed by atoms with Crippen LogP contribution in [-0.2, 0) is 11.3 Å². The van der Waals surface area contributed by atoms with Crippen molar-refractivity contribution in [1.29, 1.82) is 0 Å². The predicted octanol–water partition coefficient (Wildman–Crippen LogP) is 4.58. The molecule has 25 heavy (non-hydrogen) atoms. The maximum Gasteiger partial charge on any atom is 0.338 e. The summed E-state index contributed by atoms with van der Waals surface area (Å²) < 4.78 is 5.32. The molecule has 3 heteroatoms. The molecule has 0 bridgehead atoms. The second-order valence-corrected chi connectivity index (χ2v) is 5.83. The molecule has 0 fully saturated rings. The fraction of sp³-hybridized carbons (Fsp3) is 0.0909. The Kier molecular flexibility index (Phi) is 5.05. The molecule has 3 aromatic carbocycles. The maximum absolute atomic E-state index is 12.3. The van der Waals surface area contributed by atoms with Gasteiger partial charge in [-0.05, 0) is 24.6 Å². The van der Waals surface area contributed by atoms with Crippen molar-refractivity contribution in [1.82, 2.24) is 0 Å². The highest BCUT2D eigenvalue weighted by atomic mass is 16.5. The highest BCUT2D eigenvalue weighted by Crippen LogP contribution is 2.13. The fourth-order valence-electron chi connectivity index (χ4n) is 2.43. The number of ether oxygens (including phenoxy) is 1. The van der Waals surface area contributed by atoms with Crippen LogP contribution in [0.3, 0.4) is 0 Å². The molecule has 0 N–H and O–H groups in total. The topological polar surface area (TPSA) is 43.4 Å². The van der Waals surface area contributed by atoms with Gasteiger partial charge in [0.1, 0.15) is 6.61 Å². The molecule has 124 valence electrons. The molecule has 0 spiro atoms. The summed E-state index contributed by atoms with van der Waals surface area (Å²) in [6.07, 6.45) is 0. The Bertz CT molecular complexity index is 863. The molecule has 0 aromatic heterocycles. The van der Waals surface area contributed by atoms with E-state index in [1.165, 1.54) is 0 Å². The highest BCUT2D eigenvalue weighted by Gasteiger charge is 2.11. The minimum absolute atomic E-state index is 0.0693. The van der Waals surface area contributed by atoms with Gasteiger partial charge in [0, 0.05) is 11.1 Å². The van der Waals surface area contributed by atoms with Gasteiger partial charge in [0.05, 0.1) is 5.56 Å². The lowest BCUT2D eigenvalue weighted by Crippen LogP contribution is -2.06. The van der Waals surface area contributed by atoms with Crippen LogP contribution in [-0.4, -0.2) is 11.8 Å². The summed E-state index contributed by atoms with van der Waals surface area (Å²) in [6.45, 7) is 2.23. The van der Waals surface area contributed by atoms with E-state index in [0.29, 0.717) is 16.7 Å². The third kappa shape index (κ3) is 4.21. The average Bonchev–Trinajstić information content (AvgIpc) is 2.67. The lowest BCUT2D eigenvalue weighted by Gasteiger charge is -2.06. The summed E-state index contributed by atoms with van der Waals surface area (Å²) in [4.78, 5) is 24.5. The van der Waals surface area contributed by atoms with E-state index in [9.17, 15) is 9.59 Å². The van der Waals surface area contributed by atoms with Gasteiger partial charge in [-0.25, -0.2) is 4.79 Å². The monoisotopic (exact) mass is 330 g/mol. The van der Waals surface area contributed by atoms with E-state index >= 15 is 0 Å². The average molecular weight is 330 g/mol. The first-order valence-electron chi connectivity index (χ1n) is 8.06. The standard InChI is InChI=1S/C22H18O3/c1-16-7-9-17(10-8-16)15-25-22(24)20-13-11-19(12-14-20)21(23)18-5-3-2-4-6-18/h2-14H,15H2,1H3. The van der Waals surface area contributed by atoms with Gasteiger partial charge in [-0.15, -0.1) is 0 Å². The number of carbonyl (C=O) groups is 2. The van der Waals surface area contributed by atoms with Crippen molar-refractivity contribution in [3.63, 3.8) is 0 Å². The van der Waals surface area contributed by atoms with Crippen LogP contribution in [0, 0.1) is 6.92 Å². The Morgan fingerprint density at radius 2 is 1.28 bits per heavy atom. The quantitative estimate of drug-likeness (QED) is 0.508. The SMILES string of the molecule is Cc1ccc(COC(=O)c2ccc(C(=O)c3ccccc3)cc2)cc1. The first-order chi connectivity index (χ1) is 12.1. The van der Waals surface area contributed by atoms with Crippen molar-refractivity contribution in [2.24, 2.45) is 0 Å². The number of hydrogen-bond acceptors (Lipinski definition) is 3. The van der Waals surface area contributed by atoms with Crippen LogP contribution in [0.15, 0.2) is 78.9 Å². The van der Waals surface area contributed by atoms with E-state index in [4.69, 9.17) is 4.74 Å². The first-order valence-corrected chi connectivity index (χ1v) is 8.06. The summed E-state index contributed by atoms with van der Waals surface area (Å²) in [6, 6.07) is 23.4. The van der Waals surface area contributed by atoms with Crippen LogP contribution in [0.4, 0.5) is 0 Å². The van der Waals surface area contributed by atoms with Gasteiger partial charge >= 0.3 is 5.97 Å². The minimum atomic E-state index is -0.403. The summed E-state index contributed by atoms with van der Waals surface area (Å²) in [7, 11) is 0. The molecule has 0 atom stereocenters. The highest BCUT2D eigenvalue weighted by molar-refractivity contribution is 6.09. The zero-order valence-electron chi connectivity index (χ0n) is 13.9. The minimum Gasteiger partial charge on any atom is -0.457 e. The summed E-state index contributed by atoms with van der Waals surface area (Å²) in [5, 5.41) is 0. The number of esters is 1. The van der Waals surface area contributed by atoms with Crippen LogP contribution < -0.4 is 0 Å². The third-order valence-electron chi connectivity index (χ3n) is 3.91. The molecule has 0 aliphatic carbocycles. The maximum atomic E-state index is 12.3. The number of carbonyl (C=O) groups excluding carboxylic acids is 2. The zero-order chi connectivity index (χ0) is 17.6. The van der Waals surface area contributed by atoms with E-state index in [1.807, 2.05) is 49.4 Å². The van der Waals surface area contributed by atoms with Gasteiger partial charge in [-0.3, -0.25) is 4.79 Å². The van der Waals surface area contributed by atoms with Gasteiger partial charge in [-0.1, -0.05) is 72.3 Å². The van der Waals surface area contributed by atoms with E-state index in [2.05, 4.69) is 0 Å². The van der Waals surface area contributed by atoms with Crippen LogP contribution in [0.5, 0.6) is 0 Å². The van der Waals surface area contributed by atoms with Crippen LogP contribution >= 0.6 is 0 Å². The largest absolute Gasteiger partial charge is 0.457 e. The Balaban J connectivity index is 1.64. The summed E-state index contributed by atoms with van der Waals surface area (Å²) in [5.74, 6) is -0.473. The smallest absolute Gasteiger partial charge is 0.338 e. The molecule has 0 saturated carbocycles. The summed E-state index contributed by atoms with van der Waals surface area (Å²) in [5.41, 5.74) is 3.69. The number of ketones is 1. The van der Waals surface area contributed by atoms with E-state index in [-0.39, 0.29) is 12.4 Å². The van der Waals surface area contributed by atoms with E-state index in [0.717, 1.165) is 11.1 Å². The molecular formula is C22H18O3. The molecule has 0 aliphatic rings. The van der Waals surface area contributed by atoms with E-state index < -0.39 is 5.97 Å². The lowest BCUT2D eigenvalue weighted by atomic mass is 10.0. The number of rotatable bonds is 5. The Morgan fingerprint density at radius 3 is 1.92 bits per heavy atom. The van der Waals surface area contributed by atoms with Gasteiger partial charge in [0.15, 0.2) is 5.78 Å². The molecule has 0 aliphatic heterocycles. The zero-order valence-corrected chi connectivity index (χ0v) is 13.9. The van der Waals surface area contributed by atoms with Crippen LogP contribution in [0.25, 0.3) is 0 Å². The van der Waals surface area contributed by atoms with Gasteiger partial charge in [0.2, 0.25) is 0 Å². The molecule has 0 unspecified atom stereocenters. The van der Waals surface area contributed by atoms with E-state index in [1.54, 1.807) is 36.4 Å². The normalized spacial score (nSPS) is 10.3. The Hall–Kier alpha value is -3.20. The summed E-state index contributed by atoms with van der Waals surface area (Å²) >= 11 is 0. The Morgan fingerprint density at radius 1 is 0.720 bits per heavy atom. The number of aryl methyl sites for hydroxylation is 1. The van der Waals surface area contributed by atoms with Crippen molar-refractivity contribution >= 4 is 11.8 Å². The van der Waals surface area contributed by atoms with Gasteiger partial charge in [-0.2, -0.15) is 0 Å². The molecule has 0 radical (unpaired) electrons. The van der Waals surface area contributed by atoms with Crippen molar-refractivity contribution in [2.45, 2.75) is 13.5 Å². The van der Waals surface area contributed by atoms with Crippen molar-refractivity contribution in [3.8, 4) is 0 Å². The number of benzene rings is 3. The molecular weight excluding hydrogens is 312 g/mol. The first kappa shape index (κ1) is 16.7. The molecule has 3 aromatic rings. The molecule has 3 rings (SSSR count). The molecule has 0 saturated heterocycles. The predicted molar refractivity (Wildman–Crippen MR) is 96.6 cm³/mol. The second kappa shape index (κ2) is 7.58. The third-order valence-corrected chi connectivity index (χ3v) is 3.91. The number of hydrogen-bond donors (Lipinski definition) is 0. The fourth-order valence-corrected chi connectivity index (χ4v) is 2.43. The molecule has 0 amide bonds. The van der Waals surface area contributed by atoms with Crippen LogP contribution in [0.1, 0.15) is 37.4 Å². The molecule has 3 nitrogen and oxygen atoms in total. The van der Waals surface area contributed by atoms with Gasteiger partial charge in [0.25, 0.3) is 0 Å². The lowest BCUT2D eigenvalue weighted by molar-refractivity contribution is 0.0472. The van der Waals surface area contributed by atoms with Crippen molar-refractivity contribution < 1.29 is 14.3 Å².